The Labute approximate surface area is 89.4 Å². The standard InChI is InChI=1S/C10H10F4N2/c11-6-3-7(12)9(14)10(8(6)13)16-5-1-4(15)2-5/h3-5,16H,1-2,15H2. The molecule has 0 aromatic heterocycles. The molecule has 0 bridgehead atoms. The molecule has 1 aromatic rings. The Morgan fingerprint density at radius 1 is 1.06 bits per heavy atom. The first-order chi connectivity index (χ1) is 7.49. The van der Waals surface area contributed by atoms with Crippen LogP contribution in [0, 0.1) is 23.3 Å². The SMILES string of the molecule is NC1CC(Nc2c(F)c(F)cc(F)c2F)C1. The van der Waals surface area contributed by atoms with Gasteiger partial charge in [-0.1, -0.05) is 0 Å². The highest BCUT2D eigenvalue weighted by Crippen LogP contribution is 2.28. The topological polar surface area (TPSA) is 38.0 Å². The highest BCUT2D eigenvalue weighted by molar-refractivity contribution is 5.48. The number of nitrogens with one attached hydrogen (secondary N) is 1. The zero-order chi connectivity index (χ0) is 11.9. The van der Waals surface area contributed by atoms with Gasteiger partial charge in [0.25, 0.3) is 0 Å². The Morgan fingerprint density at radius 3 is 2.00 bits per heavy atom. The summed E-state index contributed by atoms with van der Waals surface area (Å²) in [6.45, 7) is 0. The van der Waals surface area contributed by atoms with Crippen LogP contribution in [0.25, 0.3) is 0 Å². The van der Waals surface area contributed by atoms with E-state index in [1.807, 2.05) is 0 Å². The van der Waals surface area contributed by atoms with Gasteiger partial charge in [-0.2, -0.15) is 0 Å². The van der Waals surface area contributed by atoms with E-state index in [1.54, 1.807) is 0 Å². The van der Waals surface area contributed by atoms with Gasteiger partial charge in [0.2, 0.25) is 0 Å². The van der Waals surface area contributed by atoms with Crippen molar-refractivity contribution in [1.82, 2.24) is 0 Å². The van der Waals surface area contributed by atoms with Crippen LogP contribution in [0.15, 0.2) is 6.07 Å². The number of hydrogen-bond acceptors (Lipinski definition) is 2. The van der Waals surface area contributed by atoms with Crippen LogP contribution in [0.3, 0.4) is 0 Å². The maximum atomic E-state index is 13.2. The fourth-order valence-electron chi connectivity index (χ4n) is 1.68. The molecule has 2 rings (SSSR count). The van der Waals surface area contributed by atoms with Crippen molar-refractivity contribution in [3.8, 4) is 0 Å². The van der Waals surface area contributed by atoms with Crippen LogP contribution < -0.4 is 11.1 Å². The van der Waals surface area contributed by atoms with Gasteiger partial charge in [0.1, 0.15) is 5.69 Å². The zero-order valence-corrected chi connectivity index (χ0v) is 8.24. The van der Waals surface area contributed by atoms with Gasteiger partial charge in [0.05, 0.1) is 0 Å². The van der Waals surface area contributed by atoms with Gasteiger partial charge in [0, 0.05) is 18.2 Å². The molecule has 1 aliphatic carbocycles. The second kappa shape index (κ2) is 3.93. The van der Waals surface area contributed by atoms with Crippen LogP contribution in [0.2, 0.25) is 0 Å². The van der Waals surface area contributed by atoms with Crippen LogP contribution in [0.4, 0.5) is 23.2 Å². The summed E-state index contributed by atoms with van der Waals surface area (Å²) in [5, 5.41) is 2.42. The average Bonchev–Trinajstić information content (AvgIpc) is 2.18. The highest BCUT2D eigenvalue weighted by Gasteiger charge is 2.29. The van der Waals surface area contributed by atoms with Crippen molar-refractivity contribution in [2.24, 2.45) is 5.73 Å². The molecule has 0 spiro atoms. The summed E-state index contributed by atoms with van der Waals surface area (Å²) in [4.78, 5) is 0. The Bertz CT molecular complexity index is 390. The van der Waals surface area contributed by atoms with E-state index in [9.17, 15) is 17.6 Å². The lowest BCUT2D eigenvalue weighted by Gasteiger charge is -2.33. The minimum absolute atomic E-state index is 0.0259. The second-order valence-corrected chi connectivity index (χ2v) is 3.92. The van der Waals surface area contributed by atoms with Crippen molar-refractivity contribution in [2.75, 3.05) is 5.32 Å². The molecule has 0 radical (unpaired) electrons. The summed E-state index contributed by atoms with van der Waals surface area (Å²) in [6, 6.07) is -0.0789. The quantitative estimate of drug-likeness (QED) is 0.607. The molecule has 0 aliphatic heterocycles. The molecule has 0 atom stereocenters. The Hall–Kier alpha value is -1.30. The van der Waals surface area contributed by atoms with E-state index in [4.69, 9.17) is 5.73 Å². The third kappa shape index (κ3) is 1.84. The van der Waals surface area contributed by atoms with E-state index in [1.165, 1.54) is 0 Å². The maximum absolute atomic E-state index is 13.2. The molecule has 6 heteroatoms. The molecule has 1 aliphatic rings. The normalized spacial score (nSPS) is 24.1. The summed E-state index contributed by atoms with van der Waals surface area (Å²) >= 11 is 0. The first-order valence-corrected chi connectivity index (χ1v) is 4.84. The fourth-order valence-corrected chi connectivity index (χ4v) is 1.68. The highest BCUT2D eigenvalue weighted by atomic mass is 19.2. The summed E-state index contributed by atoms with van der Waals surface area (Å²) in [5.41, 5.74) is 4.73. The summed E-state index contributed by atoms with van der Waals surface area (Å²) in [7, 11) is 0. The molecule has 0 amide bonds. The number of nitrogens with two attached hydrogens (primary N) is 1. The van der Waals surface area contributed by atoms with Gasteiger partial charge >= 0.3 is 0 Å². The predicted molar refractivity (Wildman–Crippen MR) is 50.9 cm³/mol. The van der Waals surface area contributed by atoms with Crippen LogP contribution in [-0.4, -0.2) is 12.1 Å². The van der Waals surface area contributed by atoms with Crippen LogP contribution in [0.1, 0.15) is 12.8 Å². The van der Waals surface area contributed by atoms with E-state index >= 15 is 0 Å². The lowest BCUT2D eigenvalue weighted by molar-refractivity contribution is 0.368. The van der Waals surface area contributed by atoms with Crippen molar-refractivity contribution < 1.29 is 17.6 Å². The van der Waals surface area contributed by atoms with Crippen LogP contribution in [0.5, 0.6) is 0 Å². The lowest BCUT2D eigenvalue weighted by Crippen LogP contribution is -2.44. The molecule has 1 aromatic carbocycles. The minimum Gasteiger partial charge on any atom is -0.377 e. The first-order valence-electron chi connectivity index (χ1n) is 4.84. The maximum Gasteiger partial charge on any atom is 0.185 e. The largest absolute Gasteiger partial charge is 0.377 e. The Morgan fingerprint density at radius 2 is 1.56 bits per heavy atom. The molecule has 0 unspecified atom stereocenters. The van der Waals surface area contributed by atoms with E-state index in [2.05, 4.69) is 5.32 Å². The van der Waals surface area contributed by atoms with Gasteiger partial charge in [-0.3, -0.25) is 0 Å². The number of rotatable bonds is 2. The van der Waals surface area contributed by atoms with E-state index in [0.29, 0.717) is 12.8 Å². The molecule has 2 nitrogen and oxygen atoms in total. The molecule has 0 heterocycles. The first kappa shape index (κ1) is 11.2. The van der Waals surface area contributed by atoms with Crippen LogP contribution >= 0.6 is 0 Å². The molecule has 3 N–H and O–H groups in total. The molecule has 16 heavy (non-hydrogen) atoms. The second-order valence-electron chi connectivity index (χ2n) is 3.92. The summed E-state index contributed by atoms with van der Waals surface area (Å²) in [6.07, 6.45) is 1.05. The summed E-state index contributed by atoms with van der Waals surface area (Å²) < 4.78 is 52.0. The van der Waals surface area contributed by atoms with E-state index < -0.39 is 29.0 Å². The predicted octanol–water partition coefficient (Wildman–Crippen LogP) is 2.14. The van der Waals surface area contributed by atoms with Crippen molar-refractivity contribution in [3.63, 3.8) is 0 Å². The molecule has 1 saturated carbocycles. The Balaban J connectivity index is 2.25. The summed E-state index contributed by atoms with van der Waals surface area (Å²) in [5.74, 6) is -5.63. The van der Waals surface area contributed by atoms with Crippen molar-refractivity contribution in [2.45, 2.75) is 24.9 Å². The number of benzene rings is 1. The monoisotopic (exact) mass is 234 g/mol. The van der Waals surface area contributed by atoms with Gasteiger partial charge in [-0.15, -0.1) is 0 Å². The molecule has 88 valence electrons. The van der Waals surface area contributed by atoms with Gasteiger partial charge in [-0.05, 0) is 12.8 Å². The third-order valence-electron chi connectivity index (χ3n) is 2.63. The molecular weight excluding hydrogens is 224 g/mol. The minimum atomic E-state index is -1.41. The molecule has 0 saturated heterocycles. The lowest BCUT2D eigenvalue weighted by atomic mass is 9.87. The van der Waals surface area contributed by atoms with Gasteiger partial charge in [0.15, 0.2) is 23.3 Å². The number of halogens is 4. The fraction of sp³-hybridized carbons (Fsp3) is 0.400. The third-order valence-corrected chi connectivity index (χ3v) is 2.63. The van der Waals surface area contributed by atoms with Gasteiger partial charge in [-0.25, -0.2) is 17.6 Å². The van der Waals surface area contributed by atoms with E-state index in [0.717, 1.165) is 0 Å². The van der Waals surface area contributed by atoms with Crippen molar-refractivity contribution >= 4 is 5.69 Å². The Kier molecular flexibility index (Phi) is 2.75. The van der Waals surface area contributed by atoms with E-state index in [-0.39, 0.29) is 18.2 Å². The number of anilines is 1. The molecule has 1 fully saturated rings. The van der Waals surface area contributed by atoms with Crippen LogP contribution in [-0.2, 0) is 0 Å². The van der Waals surface area contributed by atoms with Crippen molar-refractivity contribution in [1.29, 1.82) is 0 Å². The molecular formula is C10H10F4N2. The number of hydrogen-bond donors (Lipinski definition) is 2. The smallest absolute Gasteiger partial charge is 0.185 e. The average molecular weight is 234 g/mol. The van der Waals surface area contributed by atoms with Gasteiger partial charge < -0.3 is 11.1 Å². The zero-order valence-electron chi connectivity index (χ0n) is 8.24. The van der Waals surface area contributed by atoms with Crippen molar-refractivity contribution in [3.05, 3.63) is 29.3 Å².